The molecule has 0 aromatic heterocycles. The number of rotatable bonds is 10. The van der Waals surface area contributed by atoms with Crippen LogP contribution in [0, 0.1) is 60.7 Å². The number of benzene rings is 1. The molecule has 0 unspecified atom stereocenters. The third-order valence-electron chi connectivity index (χ3n) is 3.33. The summed E-state index contributed by atoms with van der Waals surface area (Å²) in [5, 5.41) is 67.2. The summed E-state index contributed by atoms with van der Waals surface area (Å²) in [6.45, 7) is -1.05. The normalized spacial score (nSPS) is 10.7. The van der Waals surface area contributed by atoms with E-state index in [2.05, 4.69) is 0 Å². The fraction of sp³-hybridized carbons (Fsp3) is 0.333. The quantitative estimate of drug-likeness (QED) is 0.319. The fourth-order valence-electron chi connectivity index (χ4n) is 2.00. The molecular formula is C9H7N7O12. The van der Waals surface area contributed by atoms with Crippen LogP contribution in [0.1, 0.15) is 6.42 Å². The van der Waals surface area contributed by atoms with Crippen LogP contribution in [0.2, 0.25) is 0 Å². The number of nitro groups is 6. The van der Waals surface area contributed by atoms with Gasteiger partial charge in [-0.1, -0.05) is 0 Å². The smallest absolute Gasteiger partial charge is 0.373 e. The van der Waals surface area contributed by atoms with E-state index in [-0.39, 0.29) is 0 Å². The highest BCUT2D eigenvalue weighted by atomic mass is 16.7. The van der Waals surface area contributed by atoms with E-state index >= 15 is 0 Å². The minimum Gasteiger partial charge on any atom is -0.373 e. The van der Waals surface area contributed by atoms with Crippen molar-refractivity contribution in [2.75, 3.05) is 11.9 Å². The molecular weight excluding hydrogens is 398 g/mol. The van der Waals surface area contributed by atoms with Gasteiger partial charge in [0, 0.05) is 6.54 Å². The number of anilines is 1. The molecule has 1 rings (SSSR count). The van der Waals surface area contributed by atoms with Gasteiger partial charge in [-0.3, -0.25) is 60.7 Å². The molecule has 0 bridgehead atoms. The lowest BCUT2D eigenvalue weighted by atomic mass is 10.2. The molecule has 0 aliphatic heterocycles. The van der Waals surface area contributed by atoms with Crippen molar-refractivity contribution in [3.8, 4) is 0 Å². The lowest BCUT2D eigenvalue weighted by Crippen LogP contribution is -2.54. The molecule has 0 spiro atoms. The molecule has 28 heavy (non-hydrogen) atoms. The van der Waals surface area contributed by atoms with E-state index in [0.29, 0.717) is 12.1 Å². The molecule has 0 atom stereocenters. The molecule has 0 aliphatic rings. The number of hydrogen-bond donors (Lipinski definition) is 1. The van der Waals surface area contributed by atoms with Crippen molar-refractivity contribution in [2.45, 2.75) is 12.2 Å². The zero-order chi connectivity index (χ0) is 21.8. The van der Waals surface area contributed by atoms with Crippen molar-refractivity contribution in [3.63, 3.8) is 0 Å². The average Bonchev–Trinajstić information content (AvgIpc) is 2.56. The first-order valence-electron chi connectivity index (χ1n) is 6.64. The van der Waals surface area contributed by atoms with Crippen LogP contribution >= 0.6 is 0 Å². The Morgan fingerprint density at radius 1 is 0.714 bits per heavy atom. The van der Waals surface area contributed by atoms with E-state index in [0.717, 1.165) is 0 Å². The third-order valence-corrected chi connectivity index (χ3v) is 3.33. The predicted molar refractivity (Wildman–Crippen MR) is 83.2 cm³/mol. The average molecular weight is 405 g/mol. The first kappa shape index (κ1) is 21.5. The highest BCUT2D eigenvalue weighted by Crippen LogP contribution is 2.38. The fourth-order valence-corrected chi connectivity index (χ4v) is 2.00. The van der Waals surface area contributed by atoms with Gasteiger partial charge in [-0.25, -0.2) is 0 Å². The minimum absolute atomic E-state index is 0.344. The Morgan fingerprint density at radius 2 is 1.11 bits per heavy atom. The van der Waals surface area contributed by atoms with Crippen LogP contribution in [0.15, 0.2) is 12.1 Å². The maximum atomic E-state index is 11.1. The summed E-state index contributed by atoms with van der Waals surface area (Å²) >= 11 is 0. The Kier molecular flexibility index (Phi) is 5.94. The Balaban J connectivity index is 3.38. The highest BCUT2D eigenvalue weighted by Gasteiger charge is 2.69. The van der Waals surface area contributed by atoms with Crippen molar-refractivity contribution < 1.29 is 29.5 Å². The van der Waals surface area contributed by atoms with Gasteiger partial charge in [0.2, 0.25) is 0 Å². The molecule has 19 nitrogen and oxygen atoms in total. The van der Waals surface area contributed by atoms with Crippen LogP contribution in [-0.2, 0) is 0 Å². The number of nitrogens with one attached hydrogen (secondary N) is 1. The van der Waals surface area contributed by atoms with Gasteiger partial charge in [-0.05, 0) is 0 Å². The van der Waals surface area contributed by atoms with Gasteiger partial charge >= 0.3 is 17.2 Å². The van der Waals surface area contributed by atoms with Crippen LogP contribution in [0.5, 0.6) is 0 Å². The summed E-state index contributed by atoms with van der Waals surface area (Å²) in [4.78, 5) is 56.3. The second-order valence-corrected chi connectivity index (χ2v) is 4.85. The van der Waals surface area contributed by atoms with Gasteiger partial charge in [0.05, 0.1) is 26.9 Å². The molecule has 0 aliphatic carbocycles. The predicted octanol–water partition coefficient (Wildman–Crippen LogP) is 0.697. The van der Waals surface area contributed by atoms with Crippen LogP contribution in [0.4, 0.5) is 22.7 Å². The number of nitro benzene ring substituents is 3. The van der Waals surface area contributed by atoms with Crippen LogP contribution in [-0.4, -0.2) is 41.9 Å². The van der Waals surface area contributed by atoms with E-state index in [1.807, 2.05) is 5.32 Å². The minimum atomic E-state index is -3.91. The van der Waals surface area contributed by atoms with Gasteiger partial charge in [-0.2, -0.15) is 0 Å². The topological polar surface area (TPSA) is 271 Å². The zero-order valence-corrected chi connectivity index (χ0v) is 13.2. The van der Waals surface area contributed by atoms with Crippen molar-refractivity contribution >= 4 is 22.7 Å². The lowest BCUT2D eigenvalue weighted by Gasteiger charge is -2.10. The first-order valence-corrected chi connectivity index (χ1v) is 6.64. The molecule has 0 radical (unpaired) electrons. The lowest BCUT2D eigenvalue weighted by molar-refractivity contribution is -0.970. The van der Waals surface area contributed by atoms with Gasteiger partial charge in [0.15, 0.2) is 26.9 Å². The molecule has 0 saturated heterocycles. The second kappa shape index (κ2) is 7.76. The van der Waals surface area contributed by atoms with Crippen molar-refractivity contribution in [2.24, 2.45) is 0 Å². The summed E-state index contributed by atoms with van der Waals surface area (Å²) in [5.74, 6) is -3.91. The highest BCUT2D eigenvalue weighted by molar-refractivity contribution is 5.77. The van der Waals surface area contributed by atoms with E-state index in [9.17, 15) is 60.7 Å². The van der Waals surface area contributed by atoms with Gasteiger partial charge in [0.25, 0.3) is 5.69 Å². The summed E-state index contributed by atoms with van der Waals surface area (Å²) in [5.41, 5.74) is -4.35. The van der Waals surface area contributed by atoms with Crippen molar-refractivity contribution in [1.82, 2.24) is 0 Å². The molecule has 0 saturated carbocycles. The molecule has 150 valence electrons. The summed E-state index contributed by atoms with van der Waals surface area (Å²) < 4.78 is 0. The van der Waals surface area contributed by atoms with Crippen LogP contribution in [0.25, 0.3) is 0 Å². The monoisotopic (exact) mass is 405 g/mol. The van der Waals surface area contributed by atoms with Gasteiger partial charge < -0.3 is 5.32 Å². The van der Waals surface area contributed by atoms with E-state index < -0.39 is 71.0 Å². The first-order chi connectivity index (χ1) is 12.9. The maximum absolute atomic E-state index is 11.1. The van der Waals surface area contributed by atoms with Gasteiger partial charge in [0.1, 0.15) is 0 Å². The van der Waals surface area contributed by atoms with E-state index in [1.54, 1.807) is 0 Å². The third kappa shape index (κ3) is 3.81. The molecule has 1 N–H and O–H groups in total. The standard InChI is InChI=1S/C9H7N7O12/c17-11(18)5-3-6(12(19)20)8(7(4-5)13(21)22)10-2-1-9(14(23)24,15(25)26)16(27)28/h3-4,10H,1-2H2. The number of hydrogen-bond acceptors (Lipinski definition) is 13. The largest absolute Gasteiger partial charge is 0.701 e. The molecule has 0 amide bonds. The Hall–Kier alpha value is -4.58. The second-order valence-electron chi connectivity index (χ2n) is 4.85. The molecule has 1 aromatic carbocycles. The Bertz CT molecular complexity index is 826. The molecule has 19 heteroatoms. The molecule has 0 heterocycles. The SMILES string of the molecule is O=[N+]([O-])c1cc([N+](=O)[O-])c(NCCC([N+](=O)[O-])([N+](=O)[O-])[N+](=O)[O-])c([N+](=O)[O-])c1. The molecule has 0 fully saturated rings. The number of nitrogens with zero attached hydrogens (tertiary/aromatic N) is 6. The van der Waals surface area contributed by atoms with E-state index in [1.165, 1.54) is 0 Å². The zero-order valence-electron chi connectivity index (χ0n) is 13.2. The van der Waals surface area contributed by atoms with Crippen molar-refractivity contribution in [1.29, 1.82) is 0 Å². The van der Waals surface area contributed by atoms with Crippen LogP contribution < -0.4 is 5.32 Å². The Morgan fingerprint density at radius 3 is 1.39 bits per heavy atom. The van der Waals surface area contributed by atoms with Crippen molar-refractivity contribution in [3.05, 3.63) is 72.8 Å². The number of non-ortho nitro benzene ring substituents is 1. The van der Waals surface area contributed by atoms with Crippen LogP contribution in [0.3, 0.4) is 0 Å². The molecule has 1 aromatic rings. The summed E-state index contributed by atoms with van der Waals surface area (Å²) in [7, 11) is 0. The summed E-state index contributed by atoms with van der Waals surface area (Å²) in [6.07, 6.45) is -1.45. The van der Waals surface area contributed by atoms with E-state index in [4.69, 9.17) is 0 Å². The Labute approximate surface area is 150 Å². The van der Waals surface area contributed by atoms with Gasteiger partial charge in [-0.15, -0.1) is 0 Å². The summed E-state index contributed by atoms with van der Waals surface area (Å²) in [6, 6.07) is 0.689. The maximum Gasteiger partial charge on any atom is 0.701 e.